The zero-order valence-electron chi connectivity index (χ0n) is 22.1. The minimum absolute atomic E-state index is 0.0131. The SMILES string of the molecule is CC(C)(C)OC(=O)N1CC(CC(=O)O)(N2CCC(NC(=O)OCC3c4ccccc4-c4ccccc43)C2)C1. The van der Waals surface area contributed by atoms with E-state index in [9.17, 15) is 19.5 Å². The normalized spacial score (nSPS) is 20.3. The Kier molecular flexibility index (Phi) is 6.81. The van der Waals surface area contributed by atoms with Gasteiger partial charge >= 0.3 is 18.2 Å². The summed E-state index contributed by atoms with van der Waals surface area (Å²) in [7, 11) is 0. The first-order valence-corrected chi connectivity index (χ1v) is 13.1. The van der Waals surface area contributed by atoms with Crippen molar-refractivity contribution in [3.05, 3.63) is 59.7 Å². The smallest absolute Gasteiger partial charge is 0.410 e. The van der Waals surface area contributed by atoms with E-state index >= 15 is 0 Å². The van der Waals surface area contributed by atoms with Gasteiger partial charge in [-0.2, -0.15) is 0 Å². The number of aliphatic carboxylic acids is 1. The van der Waals surface area contributed by atoms with Crippen molar-refractivity contribution in [1.82, 2.24) is 15.1 Å². The van der Waals surface area contributed by atoms with Crippen LogP contribution in [0.15, 0.2) is 48.5 Å². The lowest BCUT2D eigenvalue weighted by Gasteiger charge is -2.54. The Morgan fingerprint density at radius 2 is 1.63 bits per heavy atom. The molecular weight excluding hydrogens is 486 g/mol. The lowest BCUT2D eigenvalue weighted by atomic mass is 9.84. The lowest BCUT2D eigenvalue weighted by molar-refractivity contribution is -0.145. The van der Waals surface area contributed by atoms with Crippen LogP contribution in [-0.2, 0) is 14.3 Å². The van der Waals surface area contributed by atoms with Crippen molar-refractivity contribution in [3.8, 4) is 11.1 Å². The maximum atomic E-state index is 12.8. The van der Waals surface area contributed by atoms with Crippen LogP contribution in [0.3, 0.4) is 0 Å². The molecule has 1 unspecified atom stereocenters. The zero-order valence-corrected chi connectivity index (χ0v) is 22.1. The number of fused-ring (bicyclic) bond motifs is 3. The summed E-state index contributed by atoms with van der Waals surface area (Å²) in [6.45, 7) is 7.34. The number of carbonyl (C=O) groups excluding carboxylic acids is 2. The molecule has 0 spiro atoms. The second-order valence-corrected chi connectivity index (χ2v) is 11.5. The minimum atomic E-state index is -0.915. The molecule has 2 aliphatic heterocycles. The molecule has 0 aromatic heterocycles. The van der Waals surface area contributed by atoms with Crippen LogP contribution in [0.4, 0.5) is 9.59 Å². The summed E-state index contributed by atoms with van der Waals surface area (Å²) in [5.41, 5.74) is 3.38. The summed E-state index contributed by atoms with van der Waals surface area (Å²) < 4.78 is 11.1. The molecule has 2 N–H and O–H groups in total. The Morgan fingerprint density at radius 3 is 2.21 bits per heavy atom. The number of amides is 2. The average molecular weight is 522 g/mol. The summed E-state index contributed by atoms with van der Waals surface area (Å²) in [5.74, 6) is -0.928. The van der Waals surface area contributed by atoms with Gasteiger partial charge in [-0.1, -0.05) is 48.5 Å². The summed E-state index contributed by atoms with van der Waals surface area (Å²) in [5, 5.41) is 12.5. The first-order valence-electron chi connectivity index (χ1n) is 13.1. The average Bonchev–Trinajstić information content (AvgIpc) is 3.41. The van der Waals surface area contributed by atoms with Gasteiger partial charge in [0.25, 0.3) is 0 Å². The lowest BCUT2D eigenvalue weighted by Crippen LogP contribution is -2.72. The van der Waals surface area contributed by atoms with E-state index in [0.717, 1.165) is 11.1 Å². The van der Waals surface area contributed by atoms with Gasteiger partial charge in [0.05, 0.1) is 12.0 Å². The molecule has 0 radical (unpaired) electrons. The fourth-order valence-electron chi connectivity index (χ4n) is 5.94. The zero-order chi connectivity index (χ0) is 27.1. The van der Waals surface area contributed by atoms with Crippen molar-refractivity contribution in [2.75, 3.05) is 32.8 Å². The number of likely N-dealkylation sites (tertiary alicyclic amines) is 2. The first-order chi connectivity index (χ1) is 18.0. The maximum absolute atomic E-state index is 12.8. The van der Waals surface area contributed by atoms with Gasteiger partial charge in [0.1, 0.15) is 12.2 Å². The number of nitrogens with one attached hydrogen (secondary N) is 1. The maximum Gasteiger partial charge on any atom is 0.410 e. The van der Waals surface area contributed by atoms with Crippen LogP contribution < -0.4 is 5.32 Å². The molecule has 2 aromatic carbocycles. The first kappa shape index (κ1) is 26.0. The van der Waals surface area contributed by atoms with Crippen LogP contribution in [-0.4, -0.2) is 83.0 Å². The number of rotatable bonds is 6. The Hall–Kier alpha value is -3.59. The number of ether oxygens (including phenoxy) is 2. The molecule has 1 aliphatic carbocycles. The molecule has 1 atom stereocenters. The van der Waals surface area contributed by atoms with E-state index in [1.807, 2.05) is 24.3 Å². The summed E-state index contributed by atoms with van der Waals surface area (Å²) in [6, 6.07) is 16.2. The monoisotopic (exact) mass is 521 g/mol. The molecular formula is C29H35N3O6. The standard InChI is InChI=1S/C29H35N3O6/c1-28(2,3)38-27(36)31-17-29(18-31,14-25(33)34)32-13-12-19(15-32)30-26(35)37-16-24-22-10-6-4-8-20(22)21-9-5-7-11-23(21)24/h4-11,19,24H,12-18H2,1-3H3,(H,30,35)(H,33,34). The molecule has 202 valence electrons. The number of hydrogen-bond acceptors (Lipinski definition) is 6. The summed E-state index contributed by atoms with van der Waals surface area (Å²) >= 11 is 0. The Labute approximate surface area is 222 Å². The van der Waals surface area contributed by atoms with Crippen LogP contribution >= 0.6 is 0 Å². The molecule has 2 saturated heterocycles. The van der Waals surface area contributed by atoms with Gasteiger partial charge < -0.3 is 24.8 Å². The third-order valence-electron chi connectivity index (χ3n) is 7.63. The van der Waals surface area contributed by atoms with E-state index < -0.39 is 29.3 Å². The molecule has 38 heavy (non-hydrogen) atoms. The van der Waals surface area contributed by atoms with E-state index in [0.29, 0.717) is 19.5 Å². The molecule has 2 aromatic rings. The predicted octanol–water partition coefficient (Wildman–Crippen LogP) is 4.06. The number of carboxylic acid groups (broad SMARTS) is 1. The number of carboxylic acids is 1. The molecule has 5 rings (SSSR count). The number of carbonyl (C=O) groups is 3. The second-order valence-electron chi connectivity index (χ2n) is 11.5. The number of hydrogen-bond donors (Lipinski definition) is 2. The highest BCUT2D eigenvalue weighted by Gasteiger charge is 2.53. The van der Waals surface area contributed by atoms with Crippen molar-refractivity contribution in [1.29, 1.82) is 0 Å². The van der Waals surface area contributed by atoms with Crippen LogP contribution in [0.25, 0.3) is 11.1 Å². The molecule has 9 heteroatoms. The molecule has 9 nitrogen and oxygen atoms in total. The summed E-state index contributed by atoms with van der Waals surface area (Å²) in [4.78, 5) is 40.5. The van der Waals surface area contributed by atoms with Crippen LogP contribution in [0.2, 0.25) is 0 Å². The molecule has 2 fully saturated rings. The molecule has 0 saturated carbocycles. The number of benzene rings is 2. The second kappa shape index (κ2) is 9.94. The summed E-state index contributed by atoms with van der Waals surface area (Å²) in [6.07, 6.45) is -0.317. The minimum Gasteiger partial charge on any atom is -0.481 e. The van der Waals surface area contributed by atoms with Crippen LogP contribution in [0.5, 0.6) is 0 Å². The quantitative estimate of drug-likeness (QED) is 0.590. The van der Waals surface area contributed by atoms with Gasteiger partial charge in [0, 0.05) is 38.1 Å². The third kappa shape index (κ3) is 5.20. The predicted molar refractivity (Wildman–Crippen MR) is 141 cm³/mol. The van der Waals surface area contributed by atoms with Gasteiger partial charge in [0.15, 0.2) is 0 Å². The van der Waals surface area contributed by atoms with Crippen molar-refractivity contribution >= 4 is 18.2 Å². The van der Waals surface area contributed by atoms with Crippen LogP contribution in [0, 0.1) is 0 Å². The van der Waals surface area contributed by atoms with Gasteiger partial charge in [-0.3, -0.25) is 9.69 Å². The van der Waals surface area contributed by atoms with E-state index in [-0.39, 0.29) is 38.1 Å². The van der Waals surface area contributed by atoms with Crippen molar-refractivity contribution in [2.24, 2.45) is 0 Å². The molecule has 2 amide bonds. The third-order valence-corrected chi connectivity index (χ3v) is 7.63. The Balaban J connectivity index is 1.16. The Morgan fingerprint density at radius 1 is 1.03 bits per heavy atom. The van der Waals surface area contributed by atoms with Crippen molar-refractivity contribution in [3.63, 3.8) is 0 Å². The fraction of sp³-hybridized carbons (Fsp3) is 0.483. The van der Waals surface area contributed by atoms with E-state index in [4.69, 9.17) is 9.47 Å². The van der Waals surface area contributed by atoms with Gasteiger partial charge in [-0.05, 0) is 49.4 Å². The van der Waals surface area contributed by atoms with E-state index in [2.05, 4.69) is 34.5 Å². The molecule has 2 heterocycles. The highest BCUT2D eigenvalue weighted by molar-refractivity contribution is 5.79. The van der Waals surface area contributed by atoms with Crippen LogP contribution in [0.1, 0.15) is 50.7 Å². The van der Waals surface area contributed by atoms with Crippen molar-refractivity contribution < 1.29 is 29.0 Å². The number of alkyl carbamates (subject to hydrolysis) is 1. The van der Waals surface area contributed by atoms with E-state index in [1.54, 1.807) is 25.7 Å². The van der Waals surface area contributed by atoms with Crippen molar-refractivity contribution in [2.45, 2.75) is 56.7 Å². The van der Waals surface area contributed by atoms with Gasteiger partial charge in [-0.15, -0.1) is 0 Å². The molecule has 0 bridgehead atoms. The molecule has 3 aliphatic rings. The van der Waals surface area contributed by atoms with Gasteiger partial charge in [-0.25, -0.2) is 9.59 Å². The Bertz CT molecular complexity index is 1190. The topological polar surface area (TPSA) is 108 Å². The highest BCUT2D eigenvalue weighted by Crippen LogP contribution is 2.44. The van der Waals surface area contributed by atoms with Gasteiger partial charge in [0.2, 0.25) is 0 Å². The largest absolute Gasteiger partial charge is 0.481 e. The fourth-order valence-corrected chi connectivity index (χ4v) is 5.94. The van der Waals surface area contributed by atoms with E-state index in [1.165, 1.54) is 11.1 Å². The highest BCUT2D eigenvalue weighted by atomic mass is 16.6. The number of nitrogens with zero attached hydrogens (tertiary/aromatic N) is 2.